The number of unbranched alkanes of at least 4 members (excludes halogenated alkanes) is 1. The largest absolute Gasteiger partial charge is 0.431 e. The van der Waals surface area contributed by atoms with Gasteiger partial charge < -0.3 is 19.9 Å². The fourth-order valence-electron chi connectivity index (χ4n) is 2.80. The number of aromatic nitrogens is 1. The molecule has 1 aromatic carbocycles. The minimum absolute atomic E-state index is 0.173. The first-order chi connectivity index (χ1) is 14.2. The number of aliphatic hydroxyl groups excluding tert-OH is 2. The third-order valence-electron chi connectivity index (χ3n) is 4.25. The molecule has 0 bridgehead atoms. The second-order valence-electron chi connectivity index (χ2n) is 6.84. The predicted molar refractivity (Wildman–Crippen MR) is 111 cm³/mol. The molecular formula is C20H25N3O6S. The van der Waals surface area contributed by atoms with Crippen molar-refractivity contribution in [2.45, 2.75) is 43.9 Å². The van der Waals surface area contributed by atoms with Crippen molar-refractivity contribution in [1.29, 1.82) is 0 Å². The number of terminal acetylenes is 1. The molecule has 0 aliphatic carbocycles. The van der Waals surface area contributed by atoms with Crippen molar-refractivity contribution in [3.05, 3.63) is 47.9 Å². The molecule has 0 fully saturated rings. The van der Waals surface area contributed by atoms with Crippen molar-refractivity contribution < 1.29 is 27.8 Å². The molecule has 2 rings (SSSR count). The summed E-state index contributed by atoms with van der Waals surface area (Å²) in [7, 11) is -3.61. The summed E-state index contributed by atoms with van der Waals surface area (Å²) in [4.78, 5) is 16.4. The van der Waals surface area contributed by atoms with Gasteiger partial charge >= 0.3 is 6.01 Å². The van der Waals surface area contributed by atoms with Gasteiger partial charge in [-0.25, -0.2) is 13.1 Å². The lowest BCUT2D eigenvalue weighted by Gasteiger charge is -2.27. The summed E-state index contributed by atoms with van der Waals surface area (Å²) in [6, 6.07) is 7.98. The van der Waals surface area contributed by atoms with Gasteiger partial charge in [0.2, 0.25) is 10.0 Å². The minimum atomic E-state index is -3.61. The van der Waals surface area contributed by atoms with Crippen LogP contribution >= 0.6 is 0 Å². The number of benzene rings is 1. The van der Waals surface area contributed by atoms with Gasteiger partial charge in [-0.2, -0.15) is 4.98 Å². The van der Waals surface area contributed by atoms with Crippen molar-refractivity contribution in [1.82, 2.24) is 10.3 Å². The molecule has 1 amide bonds. The van der Waals surface area contributed by atoms with E-state index < -0.39 is 34.2 Å². The second kappa shape index (κ2) is 10.8. The van der Waals surface area contributed by atoms with Gasteiger partial charge in [0.25, 0.3) is 5.91 Å². The lowest BCUT2D eigenvalue weighted by Crippen LogP contribution is -2.49. The molecule has 1 aromatic heterocycles. The van der Waals surface area contributed by atoms with Crippen LogP contribution in [0.25, 0.3) is 0 Å². The quantitative estimate of drug-likeness (QED) is 0.304. The van der Waals surface area contributed by atoms with Crippen molar-refractivity contribution in [3.63, 3.8) is 0 Å². The number of carbonyl (C=O) groups excluding carboxylic acids is 1. The van der Waals surface area contributed by atoms with E-state index in [9.17, 15) is 23.4 Å². The predicted octanol–water partition coefficient (Wildman–Crippen LogP) is 0.912. The van der Waals surface area contributed by atoms with Crippen LogP contribution in [-0.2, 0) is 16.4 Å². The minimum Gasteiger partial charge on any atom is -0.431 e. The maximum atomic E-state index is 12.6. The molecule has 2 aromatic rings. The molecule has 3 unspecified atom stereocenters. The number of carbonyl (C=O) groups is 1. The standard InChI is InChI=1S/C20H25N3O6S/c1-3-4-6-11-17(24)18(25)15(12-14-9-7-5-8-10-14)21-19(26)16-13-29-20(22-16)23-30(2,27)28/h1,5,7-10,13,15,17-18,24-25H,4,6,11-12H2,2H3,(H,21,26)(H,22,23). The van der Waals surface area contributed by atoms with E-state index in [1.807, 2.05) is 35.1 Å². The number of hydrogen-bond donors (Lipinski definition) is 4. The summed E-state index contributed by atoms with van der Waals surface area (Å²) in [5, 5.41) is 23.6. The molecule has 0 aliphatic rings. The van der Waals surface area contributed by atoms with Gasteiger partial charge in [0, 0.05) is 6.42 Å². The summed E-state index contributed by atoms with van der Waals surface area (Å²) in [5.74, 6) is 1.79. The zero-order chi connectivity index (χ0) is 22.1. The number of sulfonamides is 1. The molecule has 3 atom stereocenters. The first-order valence-corrected chi connectivity index (χ1v) is 11.2. The Morgan fingerprint density at radius 2 is 2.00 bits per heavy atom. The summed E-state index contributed by atoms with van der Waals surface area (Å²) in [5.41, 5.74) is 0.672. The highest BCUT2D eigenvalue weighted by molar-refractivity contribution is 7.91. The number of oxazole rings is 1. The van der Waals surface area contributed by atoms with Crippen molar-refractivity contribution in [3.8, 4) is 12.3 Å². The Morgan fingerprint density at radius 1 is 1.30 bits per heavy atom. The molecule has 0 spiro atoms. The summed E-state index contributed by atoms with van der Waals surface area (Å²) < 4.78 is 29.5. The van der Waals surface area contributed by atoms with Gasteiger partial charge in [-0.1, -0.05) is 30.3 Å². The average molecular weight is 436 g/mol. The molecule has 4 N–H and O–H groups in total. The lowest BCUT2D eigenvalue weighted by atomic mass is 9.95. The van der Waals surface area contributed by atoms with E-state index in [1.165, 1.54) is 0 Å². The first-order valence-electron chi connectivity index (χ1n) is 9.27. The third-order valence-corrected chi connectivity index (χ3v) is 4.80. The number of amides is 1. The van der Waals surface area contributed by atoms with Crippen LogP contribution in [0.1, 0.15) is 35.3 Å². The molecule has 0 radical (unpaired) electrons. The summed E-state index contributed by atoms with van der Waals surface area (Å²) in [6.07, 6.45) is 6.32. The van der Waals surface area contributed by atoms with Crippen LogP contribution in [0, 0.1) is 12.3 Å². The van der Waals surface area contributed by atoms with Crippen LogP contribution in [0.3, 0.4) is 0 Å². The van der Waals surface area contributed by atoms with Crippen molar-refractivity contribution >= 4 is 21.9 Å². The molecular weight excluding hydrogens is 410 g/mol. The highest BCUT2D eigenvalue weighted by atomic mass is 32.2. The Labute approximate surface area is 175 Å². The SMILES string of the molecule is C#CCCCC(O)C(O)C(Cc1ccccc1)NC(=O)c1coc(NS(C)(=O)=O)n1. The zero-order valence-corrected chi connectivity index (χ0v) is 17.3. The van der Waals surface area contributed by atoms with E-state index in [-0.39, 0.29) is 24.6 Å². The highest BCUT2D eigenvalue weighted by Crippen LogP contribution is 2.15. The van der Waals surface area contributed by atoms with Gasteiger partial charge in [-0.15, -0.1) is 12.3 Å². The van der Waals surface area contributed by atoms with E-state index in [1.54, 1.807) is 0 Å². The number of rotatable bonds is 11. The number of nitrogens with one attached hydrogen (secondary N) is 2. The Morgan fingerprint density at radius 3 is 2.63 bits per heavy atom. The highest BCUT2D eigenvalue weighted by Gasteiger charge is 2.29. The molecule has 1 heterocycles. The van der Waals surface area contributed by atoms with Crippen LogP contribution in [-0.4, -0.2) is 54.0 Å². The number of hydrogen-bond acceptors (Lipinski definition) is 7. The molecule has 0 saturated heterocycles. The zero-order valence-electron chi connectivity index (χ0n) is 16.5. The van der Waals surface area contributed by atoms with Crippen molar-refractivity contribution in [2.75, 3.05) is 11.0 Å². The molecule has 0 saturated carbocycles. The topological polar surface area (TPSA) is 142 Å². The van der Waals surface area contributed by atoms with Crippen LogP contribution in [0.4, 0.5) is 6.01 Å². The molecule has 162 valence electrons. The molecule has 30 heavy (non-hydrogen) atoms. The Bertz CT molecular complexity index is 968. The average Bonchev–Trinajstić information content (AvgIpc) is 3.14. The molecule has 0 aliphatic heterocycles. The summed E-state index contributed by atoms with van der Waals surface area (Å²) in [6.45, 7) is 0. The Kier molecular flexibility index (Phi) is 8.41. The monoisotopic (exact) mass is 435 g/mol. The van der Waals surface area contributed by atoms with Gasteiger partial charge in [-0.3, -0.25) is 4.79 Å². The fourth-order valence-corrected chi connectivity index (χ4v) is 3.21. The van der Waals surface area contributed by atoms with Gasteiger partial charge in [0.1, 0.15) is 12.4 Å². The number of aliphatic hydroxyl groups is 2. The fraction of sp³-hybridized carbons (Fsp3) is 0.400. The van der Waals surface area contributed by atoms with Gasteiger partial charge in [0.05, 0.1) is 18.4 Å². The van der Waals surface area contributed by atoms with Crippen LogP contribution < -0.4 is 10.0 Å². The maximum absolute atomic E-state index is 12.6. The Balaban J connectivity index is 2.13. The van der Waals surface area contributed by atoms with E-state index in [2.05, 4.69) is 16.2 Å². The van der Waals surface area contributed by atoms with E-state index in [0.717, 1.165) is 18.1 Å². The molecule has 9 nitrogen and oxygen atoms in total. The maximum Gasteiger partial charge on any atom is 0.309 e. The normalized spacial score (nSPS) is 14.3. The van der Waals surface area contributed by atoms with Crippen LogP contribution in [0.2, 0.25) is 0 Å². The smallest absolute Gasteiger partial charge is 0.309 e. The summed E-state index contributed by atoms with van der Waals surface area (Å²) >= 11 is 0. The number of anilines is 1. The lowest BCUT2D eigenvalue weighted by molar-refractivity contribution is -0.00791. The van der Waals surface area contributed by atoms with Crippen LogP contribution in [0.5, 0.6) is 0 Å². The van der Waals surface area contributed by atoms with Crippen LogP contribution in [0.15, 0.2) is 41.0 Å². The van der Waals surface area contributed by atoms with E-state index in [4.69, 9.17) is 10.8 Å². The number of nitrogens with zero attached hydrogens (tertiary/aromatic N) is 1. The third kappa shape index (κ3) is 7.51. The van der Waals surface area contributed by atoms with E-state index >= 15 is 0 Å². The van der Waals surface area contributed by atoms with Gasteiger partial charge in [0.15, 0.2) is 5.69 Å². The molecule has 10 heteroatoms. The first kappa shape index (κ1) is 23.4. The van der Waals surface area contributed by atoms with E-state index in [0.29, 0.717) is 12.8 Å². The second-order valence-corrected chi connectivity index (χ2v) is 8.58. The Hall–Kier alpha value is -2.87. The van der Waals surface area contributed by atoms with Gasteiger partial charge in [-0.05, 0) is 24.8 Å². The van der Waals surface area contributed by atoms with Crippen molar-refractivity contribution in [2.24, 2.45) is 0 Å².